The maximum atomic E-state index is 16.0. The number of halogens is 2. The minimum absolute atomic E-state index is 0.0975. The van der Waals surface area contributed by atoms with Crippen molar-refractivity contribution in [3.8, 4) is 57.1 Å². The number of phenolic OH excluding ortho intramolecular Hbond substituents is 3. The van der Waals surface area contributed by atoms with Crippen LogP contribution in [0.5, 0.6) is 46.0 Å². The molecule has 7 amide bonds. The van der Waals surface area contributed by atoms with Crippen LogP contribution in [-0.4, -0.2) is 191 Å². The number of aliphatic carboxylic acids is 1. The Morgan fingerprint density at radius 2 is 1.32 bits per heavy atom. The number of likely N-dealkylation sites (N-methyl/N-ethyl adjacent to an activating group) is 1. The van der Waals surface area contributed by atoms with Crippen molar-refractivity contribution in [2.75, 3.05) is 13.7 Å². The molecule has 2 fully saturated rings. The van der Waals surface area contributed by atoms with E-state index in [0.717, 1.165) is 66.7 Å². The van der Waals surface area contributed by atoms with Crippen molar-refractivity contribution in [1.29, 1.82) is 0 Å². The molecule has 5 aromatic carbocycles. The van der Waals surface area contributed by atoms with Gasteiger partial charge < -0.3 is 128 Å². The molecule has 21 N–H and O–H groups in total. The lowest BCUT2D eigenvalue weighted by Gasteiger charge is -2.47. The molecule has 0 saturated carbocycles. The van der Waals surface area contributed by atoms with Crippen molar-refractivity contribution in [3.05, 3.63) is 117 Å². The average molecular weight is 1450 g/mol. The van der Waals surface area contributed by atoms with Gasteiger partial charge in [0.15, 0.2) is 29.9 Å². The number of hydrogen-bond donors (Lipinski definition) is 19. The zero-order valence-electron chi connectivity index (χ0n) is 54.3. The van der Waals surface area contributed by atoms with Crippen LogP contribution in [0.25, 0.3) is 11.1 Å². The second kappa shape index (κ2) is 30.2. The molecule has 2 unspecified atom stereocenters. The van der Waals surface area contributed by atoms with Crippen LogP contribution < -0.4 is 62.9 Å². The van der Waals surface area contributed by atoms with E-state index in [4.69, 9.17) is 63.1 Å². The molecule has 7 heterocycles. The molecule has 0 spiro atoms. The molecule has 11 bridgehead atoms. The molecule has 7 aliphatic rings. The minimum Gasteiger partial charge on any atom is -0.508 e. The van der Waals surface area contributed by atoms with E-state index in [1.807, 2.05) is 13.8 Å². The number of benzene rings is 5. The Hall–Kier alpha value is -9.20. The van der Waals surface area contributed by atoms with E-state index < -0.39 is 237 Å². The molecule has 33 nitrogen and oxygen atoms in total. The summed E-state index contributed by atoms with van der Waals surface area (Å²) in [4.78, 5) is 117. The summed E-state index contributed by atoms with van der Waals surface area (Å²) in [6.45, 7) is 5.66. The third kappa shape index (κ3) is 15.8. The number of ether oxygens (including phenoxy) is 6. The smallest absolute Gasteiger partial charge is 0.330 e. The second-order valence-electron chi connectivity index (χ2n) is 25.7. The van der Waals surface area contributed by atoms with Gasteiger partial charge in [0.2, 0.25) is 53.4 Å². The van der Waals surface area contributed by atoms with Gasteiger partial charge in [0, 0.05) is 34.7 Å². The van der Waals surface area contributed by atoms with Crippen LogP contribution in [0.2, 0.25) is 10.0 Å². The molecular formula is C66H75Cl2N9O24. The Balaban J connectivity index is 1.24. The number of nitrogens with one attached hydrogen (secondary N) is 7. The van der Waals surface area contributed by atoms with E-state index in [0.29, 0.717) is 0 Å². The normalized spacial score (nSPS) is 29.4. The van der Waals surface area contributed by atoms with Crippen LogP contribution in [0.4, 0.5) is 0 Å². The summed E-state index contributed by atoms with van der Waals surface area (Å²) in [6, 6.07) is -0.679. The van der Waals surface area contributed by atoms with Gasteiger partial charge in [0.25, 0.3) is 0 Å². The first-order valence-electron chi connectivity index (χ1n) is 31.6. The number of primary amides is 1. The van der Waals surface area contributed by atoms with Crippen molar-refractivity contribution >= 4 is 70.5 Å². The standard InChI is InChI=1S/C66H75Cl2N9O24/c1-23(2)12-34(71-5)58(88)76-49-51(83)26-7-10-38(32(67)14-26)97-40-16-28-17-41(55(40)101-65-56(54(86)53(85)42(22-78)99-65)100-44-21-66(4,70)57(87)24(3)96-44)98-39-11-8-27(15-33(39)68)52(84)50-63(93)75-48(64(94)95)31-18-29(79)19-37(81)45(31)30-13-25(6-9-36(30)80)46(60(90)77-50)74-61(91)47(28)73-59(89)35(20-43(69)82)72-62(49)92/h6-11,13-19,23-24,34-35,42,44,46-54,56-57,65,71,78-81,83-87H,12,20-22,70H2,1-5H3,(H2,69,82)(H,72,92)(H,73,89)(H,74,91)(H,75,93)(H,76,88)(H,77,90)(H,94,95)/t24-,34-,35+,42+,44-,46-,47-,48-,49?,50+,51-,52-,53-,54+,56+,57-,65?,66+/m1/s1. The number of fused-ring (bicyclic) bond motifs is 15. The summed E-state index contributed by atoms with van der Waals surface area (Å²) in [5, 5.41) is 131. The highest BCUT2D eigenvalue weighted by Crippen LogP contribution is 2.50. The van der Waals surface area contributed by atoms with Crippen molar-refractivity contribution in [1.82, 2.24) is 37.2 Å². The lowest BCUT2D eigenvalue weighted by atomic mass is 9.86. The Morgan fingerprint density at radius 1 is 0.713 bits per heavy atom. The van der Waals surface area contributed by atoms with Gasteiger partial charge in [-0.15, -0.1) is 0 Å². The average Bonchev–Trinajstić information content (AvgIpc) is 0.775. The van der Waals surface area contributed by atoms with E-state index >= 15 is 14.4 Å². The topological polar surface area (TPSA) is 530 Å². The number of carboxylic acid groups (broad SMARTS) is 1. The number of carbonyl (C=O) groups is 8. The summed E-state index contributed by atoms with van der Waals surface area (Å²) < 4.78 is 38.3. The number of phenols is 3. The van der Waals surface area contributed by atoms with Crippen molar-refractivity contribution in [2.45, 2.75) is 156 Å². The molecular weight excluding hydrogens is 1370 g/mol. The van der Waals surface area contributed by atoms with Crippen LogP contribution >= 0.6 is 23.2 Å². The fraction of sp³-hybridized carbons (Fsp3) is 0.424. The van der Waals surface area contributed by atoms with Crippen LogP contribution in [-0.2, 0) is 52.6 Å². The Morgan fingerprint density at radius 3 is 1.90 bits per heavy atom. The van der Waals surface area contributed by atoms with Crippen LogP contribution in [0.15, 0.2) is 78.9 Å². The van der Waals surface area contributed by atoms with E-state index in [1.54, 1.807) is 0 Å². The molecule has 101 heavy (non-hydrogen) atoms. The van der Waals surface area contributed by atoms with Crippen molar-refractivity contribution < 1.29 is 118 Å². The van der Waals surface area contributed by atoms with Gasteiger partial charge in [-0.25, -0.2) is 4.79 Å². The first-order chi connectivity index (χ1) is 47.7. The van der Waals surface area contributed by atoms with E-state index in [9.17, 15) is 75.0 Å². The van der Waals surface area contributed by atoms with Crippen LogP contribution in [0.3, 0.4) is 0 Å². The fourth-order valence-electron chi connectivity index (χ4n) is 12.5. The number of carboxylic acids is 1. The first-order valence-corrected chi connectivity index (χ1v) is 32.4. The van der Waals surface area contributed by atoms with Gasteiger partial charge >= 0.3 is 5.97 Å². The van der Waals surface area contributed by atoms with Gasteiger partial charge in [0.1, 0.15) is 89.5 Å². The maximum absolute atomic E-state index is 16.0. The molecule has 12 rings (SSSR count). The third-order valence-electron chi connectivity index (χ3n) is 17.8. The van der Waals surface area contributed by atoms with E-state index in [-0.39, 0.29) is 46.2 Å². The largest absolute Gasteiger partial charge is 0.508 e. The molecule has 0 aliphatic carbocycles. The van der Waals surface area contributed by atoms with Gasteiger partial charge in [-0.3, -0.25) is 33.6 Å². The summed E-state index contributed by atoms with van der Waals surface area (Å²) in [5.74, 6) is -16.0. The lowest BCUT2D eigenvalue weighted by molar-refractivity contribution is -0.333. The molecule has 0 radical (unpaired) electrons. The summed E-state index contributed by atoms with van der Waals surface area (Å²) in [6.07, 6.45) is -18.6. The zero-order valence-corrected chi connectivity index (χ0v) is 55.8. The third-order valence-corrected chi connectivity index (χ3v) is 18.4. The molecule has 18 atom stereocenters. The minimum atomic E-state index is -2.35. The SMILES string of the molecule is CN[C@H](CC(C)C)C(=O)NC1C(=O)N[C@@H](CC(N)=O)C(=O)N[C@H]2C(=O)N[C@H]3C(=O)N[C@H](C(=O)N[C@@H](C(=O)O)c4cc(O)cc(O)c4-c4cc3ccc4O)[C@H](O)c3ccc(c(Cl)c3)Oc3cc2cc(c3OC2O[C@@H](CO)[C@@H](O)[C@H](O)[C@@H]2O[C@@H]2C[C@](C)(N)[C@H](O)[C@@H](C)O2)Oc2ccc(cc2Cl)[C@H]1O. The summed E-state index contributed by atoms with van der Waals surface area (Å²) >= 11 is 14.1. The summed E-state index contributed by atoms with van der Waals surface area (Å²) in [5.41, 5.74) is 8.00. The van der Waals surface area contributed by atoms with Gasteiger partial charge in [-0.1, -0.05) is 55.2 Å². The number of aromatic hydroxyl groups is 3. The molecule has 2 saturated heterocycles. The highest BCUT2D eigenvalue weighted by molar-refractivity contribution is 6.32. The lowest BCUT2D eigenvalue weighted by Crippen LogP contribution is -2.64. The number of nitrogens with two attached hydrogens (primary N) is 2. The van der Waals surface area contributed by atoms with Crippen LogP contribution in [0, 0.1) is 5.92 Å². The molecule has 7 aliphatic heterocycles. The Bertz CT molecular complexity index is 4070. The fourth-order valence-corrected chi connectivity index (χ4v) is 12.9. The van der Waals surface area contributed by atoms with Crippen molar-refractivity contribution in [3.63, 3.8) is 0 Å². The number of amides is 7. The summed E-state index contributed by atoms with van der Waals surface area (Å²) in [7, 11) is 1.47. The van der Waals surface area contributed by atoms with E-state index in [2.05, 4.69) is 37.2 Å². The number of rotatable bonds is 13. The number of aliphatic hydroxyl groups is 6. The predicted octanol–water partition coefficient (Wildman–Crippen LogP) is 0.106. The van der Waals surface area contributed by atoms with Gasteiger partial charge in [0.05, 0.1) is 41.3 Å². The monoisotopic (exact) mass is 1450 g/mol. The molecule has 35 heteroatoms. The number of aliphatic hydroxyl groups excluding tert-OH is 6. The zero-order chi connectivity index (χ0) is 73.5. The van der Waals surface area contributed by atoms with Gasteiger partial charge in [-0.2, -0.15) is 0 Å². The van der Waals surface area contributed by atoms with E-state index in [1.165, 1.54) is 33.0 Å². The van der Waals surface area contributed by atoms with Gasteiger partial charge in [-0.05, 0) is 110 Å². The quantitative estimate of drug-likeness (QED) is 0.0743. The number of hydrogen-bond acceptors (Lipinski definition) is 25. The highest BCUT2D eigenvalue weighted by atomic mass is 35.5. The molecule has 5 aromatic rings. The predicted molar refractivity (Wildman–Crippen MR) is 349 cm³/mol. The second-order valence-corrected chi connectivity index (χ2v) is 26.5. The Kier molecular flexibility index (Phi) is 22.2. The number of carbonyl (C=O) groups excluding carboxylic acids is 7. The van der Waals surface area contributed by atoms with Crippen LogP contribution in [0.1, 0.15) is 105 Å². The maximum Gasteiger partial charge on any atom is 0.330 e. The Labute approximate surface area is 584 Å². The molecule has 0 aromatic heterocycles. The van der Waals surface area contributed by atoms with Crippen molar-refractivity contribution in [2.24, 2.45) is 17.4 Å². The molecule has 542 valence electrons. The highest BCUT2D eigenvalue weighted by Gasteiger charge is 2.51. The first kappa shape index (κ1) is 74.5.